The van der Waals surface area contributed by atoms with Crippen molar-refractivity contribution in [2.75, 3.05) is 12.4 Å². The summed E-state index contributed by atoms with van der Waals surface area (Å²) in [5.41, 5.74) is 6.33. The van der Waals surface area contributed by atoms with Crippen LogP contribution in [-0.4, -0.2) is 34.0 Å². The molecule has 0 unspecified atom stereocenters. The highest BCUT2D eigenvalue weighted by Crippen LogP contribution is 2.39. The number of anilines is 1. The van der Waals surface area contributed by atoms with Gasteiger partial charge in [0.15, 0.2) is 0 Å². The minimum Gasteiger partial charge on any atom is -0.497 e. The second-order valence-corrected chi connectivity index (χ2v) is 11.9. The van der Waals surface area contributed by atoms with E-state index in [4.69, 9.17) is 9.72 Å². The van der Waals surface area contributed by atoms with Crippen molar-refractivity contribution in [3.63, 3.8) is 0 Å². The normalized spacial score (nSPS) is 16.6. The molecule has 1 aromatic heterocycles. The molecule has 0 saturated carbocycles. The second kappa shape index (κ2) is 10.8. The molecular weight excluding hydrogens is 482 g/mol. The van der Waals surface area contributed by atoms with Crippen LogP contribution >= 0.6 is 0 Å². The third-order valence-corrected chi connectivity index (χ3v) is 8.13. The summed E-state index contributed by atoms with van der Waals surface area (Å²) >= 11 is 0. The standard InChI is InChI=1S/C34H39N3O2/c1-33(2)19-6-20-34(3,4)37(33)23-29-14-11-27-22-28(15-18-31(27)35-29)36-32(38)21-24-7-9-25(10-8-24)26-12-16-30(39-5)17-13-26/h7-18,22H,6,19-21,23H2,1-5H3,(H,36,38). The Hall–Kier alpha value is -3.70. The first-order valence-electron chi connectivity index (χ1n) is 13.8. The van der Waals surface area contributed by atoms with Crippen LogP contribution in [0.5, 0.6) is 5.75 Å². The number of amides is 1. The minimum atomic E-state index is -0.0364. The topological polar surface area (TPSA) is 54.5 Å². The zero-order valence-corrected chi connectivity index (χ0v) is 23.8. The molecule has 39 heavy (non-hydrogen) atoms. The third-order valence-electron chi connectivity index (χ3n) is 8.13. The Morgan fingerprint density at radius 3 is 2.15 bits per heavy atom. The number of methoxy groups -OCH3 is 1. The molecule has 1 N–H and O–H groups in total. The quantitative estimate of drug-likeness (QED) is 0.272. The van der Waals surface area contributed by atoms with Crippen molar-refractivity contribution in [3.05, 3.63) is 90.1 Å². The van der Waals surface area contributed by atoms with Gasteiger partial charge in [-0.15, -0.1) is 0 Å². The molecule has 3 aromatic carbocycles. The average molecular weight is 522 g/mol. The lowest BCUT2D eigenvalue weighted by Gasteiger charge is -2.52. The number of nitrogens with one attached hydrogen (secondary N) is 1. The molecule has 1 amide bonds. The first-order chi connectivity index (χ1) is 18.6. The van der Waals surface area contributed by atoms with E-state index in [0.717, 1.165) is 51.3 Å². The molecule has 0 bridgehead atoms. The highest BCUT2D eigenvalue weighted by Gasteiger charge is 2.41. The van der Waals surface area contributed by atoms with E-state index in [0.29, 0.717) is 6.42 Å². The zero-order valence-electron chi connectivity index (χ0n) is 23.8. The number of benzene rings is 3. The van der Waals surface area contributed by atoms with Crippen molar-refractivity contribution in [3.8, 4) is 16.9 Å². The monoisotopic (exact) mass is 521 g/mol. The maximum absolute atomic E-state index is 12.8. The van der Waals surface area contributed by atoms with Crippen LogP contribution in [0.1, 0.15) is 58.2 Å². The van der Waals surface area contributed by atoms with Crippen LogP contribution in [0.25, 0.3) is 22.0 Å². The van der Waals surface area contributed by atoms with Crippen molar-refractivity contribution in [2.45, 2.75) is 71.0 Å². The molecule has 2 heterocycles. The molecule has 5 rings (SSSR count). The molecule has 5 nitrogen and oxygen atoms in total. The molecular formula is C34H39N3O2. The molecule has 1 aliphatic heterocycles. The molecule has 0 radical (unpaired) electrons. The van der Waals surface area contributed by atoms with E-state index in [9.17, 15) is 4.79 Å². The predicted octanol–water partition coefficient (Wildman–Crippen LogP) is 7.63. The summed E-state index contributed by atoms with van der Waals surface area (Å²) in [6.45, 7) is 10.2. The fourth-order valence-corrected chi connectivity index (χ4v) is 5.96. The number of fused-ring (bicyclic) bond motifs is 1. The van der Waals surface area contributed by atoms with Crippen molar-refractivity contribution in [2.24, 2.45) is 0 Å². The van der Waals surface area contributed by atoms with Crippen LogP contribution in [0.15, 0.2) is 78.9 Å². The molecule has 5 heteroatoms. The lowest BCUT2D eigenvalue weighted by atomic mass is 9.79. The fraction of sp³-hybridized carbons (Fsp3) is 0.353. The lowest BCUT2D eigenvalue weighted by molar-refractivity contribution is -0.115. The first kappa shape index (κ1) is 26.9. The number of ether oxygens (including phenoxy) is 1. The van der Waals surface area contributed by atoms with Gasteiger partial charge < -0.3 is 10.1 Å². The van der Waals surface area contributed by atoms with Gasteiger partial charge in [-0.3, -0.25) is 14.7 Å². The molecule has 1 aliphatic rings. The molecule has 0 atom stereocenters. The Kier molecular flexibility index (Phi) is 7.46. The summed E-state index contributed by atoms with van der Waals surface area (Å²) in [5.74, 6) is 0.799. The van der Waals surface area contributed by atoms with Crippen molar-refractivity contribution in [1.82, 2.24) is 9.88 Å². The van der Waals surface area contributed by atoms with Gasteiger partial charge in [0.05, 0.1) is 24.7 Å². The average Bonchev–Trinajstić information content (AvgIpc) is 2.91. The van der Waals surface area contributed by atoms with Crippen molar-refractivity contribution < 1.29 is 9.53 Å². The summed E-state index contributed by atoms with van der Waals surface area (Å²) in [5, 5.41) is 4.08. The summed E-state index contributed by atoms with van der Waals surface area (Å²) in [6.07, 6.45) is 4.00. The van der Waals surface area contributed by atoms with Gasteiger partial charge in [-0.2, -0.15) is 0 Å². The van der Waals surface area contributed by atoms with E-state index in [-0.39, 0.29) is 17.0 Å². The van der Waals surface area contributed by atoms with Crippen molar-refractivity contribution >= 4 is 22.5 Å². The smallest absolute Gasteiger partial charge is 0.228 e. The van der Waals surface area contributed by atoms with E-state index in [1.807, 2.05) is 54.6 Å². The van der Waals surface area contributed by atoms with Gasteiger partial charge in [0.2, 0.25) is 5.91 Å². The molecule has 4 aromatic rings. The first-order valence-corrected chi connectivity index (χ1v) is 13.8. The molecule has 0 aliphatic carbocycles. The van der Waals surface area contributed by atoms with Crippen LogP contribution in [0.2, 0.25) is 0 Å². The Morgan fingerprint density at radius 1 is 0.872 bits per heavy atom. The number of piperidine rings is 1. The van der Waals surface area contributed by atoms with Gasteiger partial charge in [0, 0.05) is 28.7 Å². The molecule has 202 valence electrons. The predicted molar refractivity (Wildman–Crippen MR) is 160 cm³/mol. The number of carbonyl (C=O) groups is 1. The van der Waals surface area contributed by atoms with Crippen molar-refractivity contribution in [1.29, 1.82) is 0 Å². The van der Waals surface area contributed by atoms with Crippen LogP contribution in [-0.2, 0) is 17.8 Å². The van der Waals surface area contributed by atoms with Crippen LogP contribution < -0.4 is 10.1 Å². The highest BCUT2D eigenvalue weighted by atomic mass is 16.5. The number of pyridine rings is 1. The highest BCUT2D eigenvalue weighted by molar-refractivity contribution is 5.94. The number of likely N-dealkylation sites (tertiary alicyclic amines) is 1. The third kappa shape index (κ3) is 6.15. The van der Waals surface area contributed by atoms with Gasteiger partial charge >= 0.3 is 0 Å². The number of hydrogen-bond donors (Lipinski definition) is 1. The lowest BCUT2D eigenvalue weighted by Crippen LogP contribution is -2.57. The van der Waals surface area contributed by atoms with Gasteiger partial charge in [-0.1, -0.05) is 42.5 Å². The Bertz CT molecular complexity index is 1440. The van der Waals surface area contributed by atoms with Gasteiger partial charge in [-0.05, 0) is 100 Å². The second-order valence-electron chi connectivity index (χ2n) is 11.9. The summed E-state index contributed by atoms with van der Waals surface area (Å²) in [4.78, 5) is 20.4. The van der Waals surface area contributed by atoms with E-state index in [1.165, 1.54) is 19.3 Å². The van der Waals surface area contributed by atoms with Crippen LogP contribution in [0.4, 0.5) is 5.69 Å². The molecule has 0 spiro atoms. The van der Waals surface area contributed by atoms with Gasteiger partial charge in [-0.25, -0.2) is 0 Å². The fourth-order valence-electron chi connectivity index (χ4n) is 5.96. The maximum Gasteiger partial charge on any atom is 0.228 e. The number of hydrogen-bond acceptors (Lipinski definition) is 4. The van der Waals surface area contributed by atoms with Gasteiger partial charge in [0.25, 0.3) is 0 Å². The van der Waals surface area contributed by atoms with E-state index in [1.54, 1.807) is 7.11 Å². The summed E-state index contributed by atoms with van der Waals surface area (Å²) in [6, 6.07) is 26.3. The summed E-state index contributed by atoms with van der Waals surface area (Å²) < 4.78 is 5.24. The number of carbonyl (C=O) groups excluding carboxylic acids is 1. The maximum atomic E-state index is 12.8. The Morgan fingerprint density at radius 2 is 1.51 bits per heavy atom. The van der Waals surface area contributed by atoms with Crippen LogP contribution in [0.3, 0.4) is 0 Å². The number of aromatic nitrogens is 1. The molecule has 1 fully saturated rings. The summed E-state index contributed by atoms with van der Waals surface area (Å²) in [7, 11) is 1.66. The van der Waals surface area contributed by atoms with E-state index >= 15 is 0 Å². The molecule has 1 saturated heterocycles. The SMILES string of the molecule is COc1ccc(-c2ccc(CC(=O)Nc3ccc4nc(CN5C(C)(C)CCCC5(C)C)ccc4c3)cc2)cc1. The Balaban J connectivity index is 1.23. The van der Waals surface area contributed by atoms with Gasteiger partial charge in [0.1, 0.15) is 5.75 Å². The minimum absolute atomic E-state index is 0.0364. The zero-order chi connectivity index (χ0) is 27.6. The largest absolute Gasteiger partial charge is 0.497 e. The van der Waals surface area contributed by atoms with Crippen LogP contribution in [0, 0.1) is 0 Å². The Labute approximate surface area is 232 Å². The number of rotatable bonds is 7. The van der Waals surface area contributed by atoms with E-state index < -0.39 is 0 Å². The number of nitrogens with zero attached hydrogens (tertiary/aromatic N) is 2. The van der Waals surface area contributed by atoms with E-state index in [2.05, 4.69) is 62.2 Å².